The molecule has 2 rings (SSSR count). The standard InChI is InChI=1S/C11H16N2O2/c1-2-15-11(14)13-7-8-4-3-5-9(8)10(13)6-12/h8-10H,2-5,7H2,1H3/t8-,9+,10+/m0/s1. The summed E-state index contributed by atoms with van der Waals surface area (Å²) in [6.45, 7) is 2.88. The summed E-state index contributed by atoms with van der Waals surface area (Å²) in [5.41, 5.74) is 0. The van der Waals surface area contributed by atoms with Crippen molar-refractivity contribution in [1.29, 1.82) is 5.26 Å². The van der Waals surface area contributed by atoms with Gasteiger partial charge in [-0.05, 0) is 31.6 Å². The van der Waals surface area contributed by atoms with Crippen LogP contribution >= 0.6 is 0 Å². The molecule has 0 N–H and O–H groups in total. The van der Waals surface area contributed by atoms with Gasteiger partial charge in [-0.1, -0.05) is 6.42 Å². The normalized spacial score (nSPS) is 33.6. The zero-order chi connectivity index (χ0) is 10.8. The van der Waals surface area contributed by atoms with Crippen LogP contribution in [-0.4, -0.2) is 30.2 Å². The predicted molar refractivity (Wildman–Crippen MR) is 54.0 cm³/mol. The van der Waals surface area contributed by atoms with Gasteiger partial charge in [0.2, 0.25) is 0 Å². The molecule has 0 spiro atoms. The van der Waals surface area contributed by atoms with Crippen molar-refractivity contribution < 1.29 is 9.53 Å². The lowest BCUT2D eigenvalue weighted by atomic mass is 9.95. The Hall–Kier alpha value is -1.24. The number of hydrogen-bond donors (Lipinski definition) is 0. The molecule has 1 amide bonds. The molecule has 0 unspecified atom stereocenters. The van der Waals surface area contributed by atoms with Gasteiger partial charge in [-0.3, -0.25) is 4.90 Å². The number of nitrogens with zero attached hydrogens (tertiary/aromatic N) is 2. The molecule has 0 aromatic heterocycles. The van der Waals surface area contributed by atoms with E-state index in [4.69, 9.17) is 10.00 Å². The van der Waals surface area contributed by atoms with E-state index in [1.807, 2.05) is 0 Å². The molecule has 0 radical (unpaired) electrons. The van der Waals surface area contributed by atoms with Gasteiger partial charge in [-0.25, -0.2) is 4.79 Å². The molecule has 4 nitrogen and oxygen atoms in total. The van der Waals surface area contributed by atoms with Gasteiger partial charge in [0.05, 0.1) is 12.7 Å². The number of likely N-dealkylation sites (tertiary alicyclic amines) is 1. The number of rotatable bonds is 1. The first-order chi connectivity index (χ1) is 7.27. The summed E-state index contributed by atoms with van der Waals surface area (Å²) >= 11 is 0. The van der Waals surface area contributed by atoms with Gasteiger partial charge in [0.1, 0.15) is 6.04 Å². The summed E-state index contributed by atoms with van der Waals surface area (Å²) in [5, 5.41) is 9.10. The van der Waals surface area contributed by atoms with Gasteiger partial charge in [0.15, 0.2) is 0 Å². The SMILES string of the molecule is CCOC(=O)N1C[C@@H]2CCC[C@H]2[C@H]1C#N. The molecule has 0 bridgehead atoms. The van der Waals surface area contributed by atoms with Crippen molar-refractivity contribution in [1.82, 2.24) is 4.90 Å². The highest BCUT2D eigenvalue weighted by Gasteiger charge is 2.46. The summed E-state index contributed by atoms with van der Waals surface area (Å²) in [7, 11) is 0. The first-order valence-corrected chi connectivity index (χ1v) is 5.61. The van der Waals surface area contributed by atoms with Crippen LogP contribution in [0, 0.1) is 23.2 Å². The Kier molecular flexibility index (Phi) is 2.81. The fraction of sp³-hybridized carbons (Fsp3) is 0.818. The molecular formula is C11H16N2O2. The quantitative estimate of drug-likeness (QED) is 0.659. The van der Waals surface area contributed by atoms with Crippen LogP contribution in [0.25, 0.3) is 0 Å². The Bertz CT molecular complexity index is 297. The molecule has 0 aromatic carbocycles. The Morgan fingerprint density at radius 2 is 2.40 bits per heavy atom. The Labute approximate surface area is 89.8 Å². The van der Waals surface area contributed by atoms with Crippen molar-refractivity contribution in [2.45, 2.75) is 32.2 Å². The van der Waals surface area contributed by atoms with Crippen LogP contribution in [0.1, 0.15) is 26.2 Å². The molecule has 2 fully saturated rings. The lowest BCUT2D eigenvalue weighted by Crippen LogP contribution is -2.37. The third-order valence-electron chi connectivity index (χ3n) is 3.53. The first kappa shape index (κ1) is 10.3. The van der Waals surface area contributed by atoms with E-state index >= 15 is 0 Å². The molecule has 1 aliphatic carbocycles. The maximum absolute atomic E-state index is 11.6. The smallest absolute Gasteiger partial charge is 0.410 e. The van der Waals surface area contributed by atoms with E-state index in [1.165, 1.54) is 6.42 Å². The number of carbonyl (C=O) groups excluding carboxylic acids is 1. The summed E-state index contributed by atoms with van der Waals surface area (Å²) in [6, 6.07) is 2.00. The lowest BCUT2D eigenvalue weighted by molar-refractivity contribution is 0.105. The van der Waals surface area contributed by atoms with E-state index in [1.54, 1.807) is 11.8 Å². The van der Waals surface area contributed by atoms with E-state index in [-0.39, 0.29) is 12.1 Å². The van der Waals surface area contributed by atoms with E-state index < -0.39 is 0 Å². The van der Waals surface area contributed by atoms with Crippen molar-refractivity contribution in [3.8, 4) is 6.07 Å². The van der Waals surface area contributed by atoms with Crippen LogP contribution < -0.4 is 0 Å². The lowest BCUT2D eigenvalue weighted by Gasteiger charge is -2.21. The highest BCUT2D eigenvalue weighted by Crippen LogP contribution is 2.41. The van der Waals surface area contributed by atoms with Crippen molar-refractivity contribution in [3.63, 3.8) is 0 Å². The number of ether oxygens (including phenoxy) is 1. The third kappa shape index (κ3) is 1.67. The molecule has 3 atom stereocenters. The van der Waals surface area contributed by atoms with Crippen LogP contribution in [0.15, 0.2) is 0 Å². The van der Waals surface area contributed by atoms with Crippen molar-refractivity contribution in [2.75, 3.05) is 13.2 Å². The monoisotopic (exact) mass is 208 g/mol. The van der Waals surface area contributed by atoms with Crippen LogP contribution in [0.4, 0.5) is 4.79 Å². The predicted octanol–water partition coefficient (Wildman–Crippen LogP) is 1.77. The van der Waals surface area contributed by atoms with E-state index in [0.717, 1.165) is 12.8 Å². The number of hydrogen-bond acceptors (Lipinski definition) is 3. The highest BCUT2D eigenvalue weighted by atomic mass is 16.6. The van der Waals surface area contributed by atoms with Gasteiger partial charge in [0, 0.05) is 6.54 Å². The molecule has 15 heavy (non-hydrogen) atoms. The number of fused-ring (bicyclic) bond motifs is 1. The van der Waals surface area contributed by atoms with Crippen molar-refractivity contribution in [3.05, 3.63) is 0 Å². The maximum atomic E-state index is 11.6. The highest BCUT2D eigenvalue weighted by molar-refractivity contribution is 5.69. The first-order valence-electron chi connectivity index (χ1n) is 5.61. The zero-order valence-corrected chi connectivity index (χ0v) is 8.98. The second-order valence-corrected chi connectivity index (χ2v) is 4.28. The molecular weight excluding hydrogens is 192 g/mol. The summed E-state index contributed by atoms with van der Waals surface area (Å²) in [6.07, 6.45) is 3.11. The maximum Gasteiger partial charge on any atom is 0.410 e. The molecule has 0 aromatic rings. The number of nitriles is 1. The van der Waals surface area contributed by atoms with Gasteiger partial charge in [0.25, 0.3) is 0 Å². The second kappa shape index (κ2) is 4.09. The third-order valence-corrected chi connectivity index (χ3v) is 3.53. The van der Waals surface area contributed by atoms with Crippen molar-refractivity contribution >= 4 is 6.09 Å². The Morgan fingerprint density at radius 1 is 1.60 bits per heavy atom. The summed E-state index contributed by atoms with van der Waals surface area (Å²) in [4.78, 5) is 13.2. The van der Waals surface area contributed by atoms with Crippen LogP contribution in [0.5, 0.6) is 0 Å². The second-order valence-electron chi connectivity index (χ2n) is 4.28. The largest absolute Gasteiger partial charge is 0.450 e. The fourth-order valence-corrected chi connectivity index (χ4v) is 2.87. The van der Waals surface area contributed by atoms with Crippen LogP contribution in [-0.2, 0) is 4.74 Å². The molecule has 1 saturated heterocycles. The van der Waals surface area contributed by atoms with E-state index in [0.29, 0.717) is 25.0 Å². The Morgan fingerprint density at radius 3 is 3.07 bits per heavy atom. The van der Waals surface area contributed by atoms with E-state index in [9.17, 15) is 4.79 Å². The average Bonchev–Trinajstić information content (AvgIpc) is 2.76. The topological polar surface area (TPSA) is 53.3 Å². The average molecular weight is 208 g/mol. The van der Waals surface area contributed by atoms with Gasteiger partial charge in [-0.2, -0.15) is 5.26 Å². The van der Waals surface area contributed by atoms with Gasteiger partial charge in [-0.15, -0.1) is 0 Å². The molecule has 1 aliphatic heterocycles. The molecule has 4 heteroatoms. The van der Waals surface area contributed by atoms with Crippen LogP contribution in [0.2, 0.25) is 0 Å². The van der Waals surface area contributed by atoms with Crippen LogP contribution in [0.3, 0.4) is 0 Å². The minimum absolute atomic E-state index is 0.253. The molecule has 1 heterocycles. The zero-order valence-electron chi connectivity index (χ0n) is 8.98. The molecule has 2 aliphatic rings. The minimum atomic E-state index is -0.321. The Balaban J connectivity index is 2.08. The van der Waals surface area contributed by atoms with Crippen molar-refractivity contribution in [2.24, 2.45) is 11.8 Å². The minimum Gasteiger partial charge on any atom is -0.450 e. The van der Waals surface area contributed by atoms with E-state index in [2.05, 4.69) is 6.07 Å². The fourth-order valence-electron chi connectivity index (χ4n) is 2.87. The summed E-state index contributed by atoms with van der Waals surface area (Å²) in [5.74, 6) is 0.915. The molecule has 1 saturated carbocycles. The van der Waals surface area contributed by atoms with Gasteiger partial charge >= 0.3 is 6.09 Å². The number of amides is 1. The summed E-state index contributed by atoms with van der Waals surface area (Å²) < 4.78 is 4.96. The van der Waals surface area contributed by atoms with Gasteiger partial charge < -0.3 is 4.74 Å². The number of carbonyl (C=O) groups is 1. The molecule has 82 valence electrons.